The van der Waals surface area contributed by atoms with Crippen LogP contribution >= 0.6 is 11.8 Å². The largest absolute Gasteiger partial charge is 0.466 e. The molecule has 0 saturated carbocycles. The van der Waals surface area contributed by atoms with Gasteiger partial charge >= 0.3 is 0 Å². The van der Waals surface area contributed by atoms with Gasteiger partial charge in [-0.2, -0.15) is 0 Å². The molecule has 5 nitrogen and oxygen atoms in total. The third kappa shape index (κ3) is 3.33. The molecule has 3 rings (SSSR count). The first-order valence-corrected chi connectivity index (χ1v) is 8.83. The average Bonchev–Trinajstić information content (AvgIpc) is 2.86. The fourth-order valence-corrected chi connectivity index (χ4v) is 3.86. The molecule has 0 aliphatic carbocycles. The molecule has 0 saturated heterocycles. The highest BCUT2D eigenvalue weighted by atomic mass is 32.2. The quantitative estimate of drug-likeness (QED) is 0.888. The van der Waals surface area contributed by atoms with E-state index in [-0.39, 0.29) is 11.4 Å². The van der Waals surface area contributed by atoms with Crippen LogP contribution in [0.4, 0.5) is 5.69 Å². The molecule has 0 spiro atoms. The lowest BCUT2D eigenvalue weighted by Gasteiger charge is -2.30. The van der Waals surface area contributed by atoms with E-state index in [1.807, 2.05) is 31.2 Å². The first kappa shape index (κ1) is 16.6. The lowest BCUT2D eigenvalue weighted by molar-refractivity contribution is 0.102. The minimum absolute atomic E-state index is 0.172. The number of aryl methyl sites for hydroxylation is 2. The van der Waals surface area contributed by atoms with Gasteiger partial charge in [0.05, 0.1) is 11.1 Å². The van der Waals surface area contributed by atoms with Gasteiger partial charge in [0.15, 0.2) is 5.17 Å². The van der Waals surface area contributed by atoms with Crippen molar-refractivity contribution in [2.75, 3.05) is 11.1 Å². The number of anilines is 1. The lowest BCUT2D eigenvalue weighted by Crippen LogP contribution is -2.28. The second kappa shape index (κ2) is 6.36. The fourth-order valence-electron chi connectivity index (χ4n) is 2.88. The summed E-state index contributed by atoms with van der Waals surface area (Å²) in [6.45, 7) is 5.69. The highest BCUT2D eigenvalue weighted by molar-refractivity contribution is 8.13. The number of furan rings is 1. The normalized spacial score (nSPS) is 20.5. The third-order valence-corrected chi connectivity index (χ3v) is 5.02. The zero-order valence-electron chi connectivity index (χ0n) is 14.1. The molecule has 1 unspecified atom stereocenters. The summed E-state index contributed by atoms with van der Waals surface area (Å²) in [4.78, 5) is 17.1. The lowest BCUT2D eigenvalue weighted by atomic mass is 9.89. The molecule has 1 aromatic heterocycles. The number of carbonyl (C=O) groups excluding carboxylic acids is 1. The Morgan fingerprint density at radius 2 is 2.17 bits per heavy atom. The minimum atomic E-state index is -0.349. The molecule has 3 N–H and O–H groups in total. The maximum atomic E-state index is 12.4. The summed E-state index contributed by atoms with van der Waals surface area (Å²) in [6.07, 6.45) is 0.912. The Morgan fingerprint density at radius 3 is 2.83 bits per heavy atom. The van der Waals surface area contributed by atoms with Crippen molar-refractivity contribution < 1.29 is 9.21 Å². The summed E-state index contributed by atoms with van der Waals surface area (Å²) in [5.74, 6) is 2.11. The standard InChI is InChI=1S/C18H21N3O2S/c1-11-9-15(12(2)23-11)16(22)20-14-6-4-5-13(10-14)18(3)7-8-24-17(19)21-18/h4-6,9-10H,7-8H2,1-3H3,(H2,19,21)(H,20,22). The van der Waals surface area contributed by atoms with Gasteiger partial charge in [-0.3, -0.25) is 9.79 Å². The molecule has 2 heterocycles. The van der Waals surface area contributed by atoms with E-state index in [1.54, 1.807) is 24.8 Å². The van der Waals surface area contributed by atoms with Gasteiger partial charge in [0.25, 0.3) is 5.91 Å². The van der Waals surface area contributed by atoms with Gasteiger partial charge in [0, 0.05) is 11.4 Å². The molecule has 1 aliphatic heterocycles. The van der Waals surface area contributed by atoms with Crippen LogP contribution in [0.2, 0.25) is 0 Å². The van der Waals surface area contributed by atoms with Crippen molar-refractivity contribution >= 4 is 28.5 Å². The minimum Gasteiger partial charge on any atom is -0.466 e. The van der Waals surface area contributed by atoms with Crippen LogP contribution in [0.5, 0.6) is 0 Å². The van der Waals surface area contributed by atoms with Crippen LogP contribution in [0.15, 0.2) is 39.7 Å². The Balaban J connectivity index is 1.85. The van der Waals surface area contributed by atoms with Crippen LogP contribution in [0.25, 0.3) is 0 Å². The van der Waals surface area contributed by atoms with Crippen molar-refractivity contribution in [1.29, 1.82) is 0 Å². The van der Waals surface area contributed by atoms with Crippen LogP contribution < -0.4 is 11.1 Å². The number of carbonyl (C=O) groups is 1. The van der Waals surface area contributed by atoms with E-state index in [1.165, 1.54) is 0 Å². The van der Waals surface area contributed by atoms with Crippen LogP contribution in [0, 0.1) is 13.8 Å². The van der Waals surface area contributed by atoms with Gasteiger partial charge in [0.2, 0.25) is 0 Å². The number of nitrogens with zero attached hydrogens (tertiary/aromatic N) is 1. The van der Waals surface area contributed by atoms with Crippen LogP contribution in [0.3, 0.4) is 0 Å². The maximum Gasteiger partial charge on any atom is 0.259 e. The van der Waals surface area contributed by atoms with Crippen molar-refractivity contribution in [3.63, 3.8) is 0 Å². The van der Waals surface area contributed by atoms with E-state index >= 15 is 0 Å². The van der Waals surface area contributed by atoms with E-state index in [2.05, 4.69) is 17.2 Å². The number of rotatable bonds is 3. The van der Waals surface area contributed by atoms with Crippen molar-refractivity contribution in [1.82, 2.24) is 0 Å². The molecule has 6 heteroatoms. The number of amidine groups is 1. The molecular weight excluding hydrogens is 322 g/mol. The summed E-state index contributed by atoms with van der Waals surface area (Å²) in [5.41, 5.74) is 7.89. The SMILES string of the molecule is Cc1cc(C(=O)Nc2cccc(C3(C)CCSC(N)=N3)c2)c(C)o1. The molecule has 1 amide bonds. The van der Waals surface area contributed by atoms with Crippen molar-refractivity contribution in [2.24, 2.45) is 10.7 Å². The first-order valence-electron chi connectivity index (χ1n) is 7.84. The van der Waals surface area contributed by atoms with E-state index < -0.39 is 0 Å². The van der Waals surface area contributed by atoms with Gasteiger partial charge in [-0.25, -0.2) is 0 Å². The number of aliphatic imine (C=N–C) groups is 1. The molecule has 0 radical (unpaired) electrons. The monoisotopic (exact) mass is 343 g/mol. The molecule has 24 heavy (non-hydrogen) atoms. The topological polar surface area (TPSA) is 80.6 Å². The summed E-state index contributed by atoms with van der Waals surface area (Å²) >= 11 is 1.58. The molecule has 1 atom stereocenters. The van der Waals surface area contributed by atoms with Gasteiger partial charge < -0.3 is 15.5 Å². The Hall–Kier alpha value is -2.21. The van der Waals surface area contributed by atoms with Gasteiger partial charge in [-0.05, 0) is 51.0 Å². The summed E-state index contributed by atoms with van der Waals surface area (Å²) in [7, 11) is 0. The smallest absolute Gasteiger partial charge is 0.259 e. The highest BCUT2D eigenvalue weighted by Crippen LogP contribution is 2.35. The molecule has 0 fully saturated rings. The zero-order valence-corrected chi connectivity index (χ0v) is 14.9. The summed E-state index contributed by atoms with van der Waals surface area (Å²) in [5, 5.41) is 3.55. The van der Waals surface area contributed by atoms with Crippen molar-refractivity contribution in [2.45, 2.75) is 32.7 Å². The average molecular weight is 343 g/mol. The van der Waals surface area contributed by atoms with E-state index in [4.69, 9.17) is 10.2 Å². The summed E-state index contributed by atoms with van der Waals surface area (Å²) in [6, 6.07) is 9.54. The van der Waals surface area contributed by atoms with Crippen LogP contribution in [0.1, 0.15) is 40.8 Å². The number of benzene rings is 1. The first-order chi connectivity index (χ1) is 11.4. The number of hydrogen-bond donors (Lipinski definition) is 2. The molecule has 0 bridgehead atoms. The molecular formula is C18H21N3O2S. The Labute approximate surface area is 145 Å². The van der Waals surface area contributed by atoms with E-state index in [0.717, 1.165) is 29.2 Å². The van der Waals surface area contributed by atoms with Crippen molar-refractivity contribution in [3.05, 3.63) is 53.0 Å². The molecule has 1 aliphatic rings. The Morgan fingerprint density at radius 1 is 1.38 bits per heavy atom. The molecule has 126 valence electrons. The van der Waals surface area contributed by atoms with E-state index in [0.29, 0.717) is 16.5 Å². The number of thioether (sulfide) groups is 1. The Kier molecular flexibility index (Phi) is 4.41. The number of nitrogens with two attached hydrogens (primary N) is 1. The van der Waals surface area contributed by atoms with Crippen molar-refractivity contribution in [3.8, 4) is 0 Å². The second-order valence-corrected chi connectivity index (χ2v) is 7.30. The number of nitrogens with one attached hydrogen (secondary N) is 1. The van der Waals surface area contributed by atoms with Crippen LogP contribution in [-0.2, 0) is 5.54 Å². The Bertz CT molecular complexity index is 812. The maximum absolute atomic E-state index is 12.4. The zero-order chi connectivity index (χ0) is 17.3. The summed E-state index contributed by atoms with van der Waals surface area (Å²) < 4.78 is 5.43. The van der Waals surface area contributed by atoms with Gasteiger partial charge in [-0.15, -0.1) is 0 Å². The van der Waals surface area contributed by atoms with Gasteiger partial charge in [-0.1, -0.05) is 23.9 Å². The fraction of sp³-hybridized carbons (Fsp3) is 0.333. The molecule has 1 aromatic carbocycles. The molecule has 2 aromatic rings. The van der Waals surface area contributed by atoms with Crippen LogP contribution in [-0.4, -0.2) is 16.8 Å². The predicted octanol–water partition coefficient (Wildman–Crippen LogP) is 3.82. The third-order valence-electron chi connectivity index (χ3n) is 4.22. The highest BCUT2D eigenvalue weighted by Gasteiger charge is 2.29. The predicted molar refractivity (Wildman–Crippen MR) is 98.6 cm³/mol. The van der Waals surface area contributed by atoms with E-state index in [9.17, 15) is 4.79 Å². The number of hydrogen-bond acceptors (Lipinski definition) is 5. The second-order valence-electron chi connectivity index (χ2n) is 6.18. The van der Waals surface area contributed by atoms with Gasteiger partial charge in [0.1, 0.15) is 11.5 Å². The number of amides is 1.